The SMILES string of the molecule is C[C@@H](OP(=O)(O)O)[C@H](N)C(=O)NCC(=O)N[C@@H](Cc1ccc(OP(=O)(O)O)cc1)C(=O)O. The van der Waals surface area contributed by atoms with Gasteiger partial charge in [-0.15, -0.1) is 0 Å². The minimum Gasteiger partial charge on any atom is -0.480 e. The number of nitrogens with one attached hydrogen (secondary N) is 2. The molecule has 180 valence electrons. The average Bonchev–Trinajstić information content (AvgIpc) is 2.63. The van der Waals surface area contributed by atoms with Gasteiger partial charge in [0.25, 0.3) is 0 Å². The van der Waals surface area contributed by atoms with E-state index in [-0.39, 0.29) is 12.2 Å². The molecule has 0 aliphatic carbocycles. The normalized spacial score (nSPS) is 14.7. The number of carboxylic acids is 1. The van der Waals surface area contributed by atoms with Crippen molar-refractivity contribution in [1.82, 2.24) is 10.6 Å². The van der Waals surface area contributed by atoms with E-state index < -0.39 is 58.2 Å². The molecule has 9 N–H and O–H groups in total. The minimum atomic E-state index is -4.88. The number of phosphoric acid groups is 2. The molecule has 0 radical (unpaired) electrons. The average molecular weight is 499 g/mol. The maximum absolute atomic E-state index is 12.0. The Morgan fingerprint density at radius 2 is 1.62 bits per heavy atom. The molecule has 0 saturated heterocycles. The fourth-order valence-corrected chi connectivity index (χ4v) is 3.25. The molecule has 15 nitrogen and oxygen atoms in total. The highest BCUT2D eigenvalue weighted by Gasteiger charge is 2.28. The van der Waals surface area contributed by atoms with Crippen LogP contribution in [0.2, 0.25) is 0 Å². The van der Waals surface area contributed by atoms with Crippen LogP contribution < -0.4 is 20.9 Å². The van der Waals surface area contributed by atoms with Gasteiger partial charge in [-0.1, -0.05) is 12.1 Å². The molecule has 2 amide bonds. The molecule has 17 heteroatoms. The van der Waals surface area contributed by atoms with Crippen LogP contribution in [0, 0.1) is 0 Å². The van der Waals surface area contributed by atoms with E-state index in [1.54, 1.807) is 0 Å². The molecule has 0 aromatic heterocycles. The molecule has 0 spiro atoms. The van der Waals surface area contributed by atoms with Crippen molar-refractivity contribution >= 4 is 33.4 Å². The van der Waals surface area contributed by atoms with Crippen LogP contribution in [-0.4, -0.2) is 67.2 Å². The highest BCUT2D eigenvalue weighted by Crippen LogP contribution is 2.38. The van der Waals surface area contributed by atoms with Gasteiger partial charge in [0.05, 0.1) is 12.6 Å². The van der Waals surface area contributed by atoms with Crippen molar-refractivity contribution in [3.05, 3.63) is 29.8 Å². The lowest BCUT2D eigenvalue weighted by atomic mass is 10.1. The second kappa shape index (κ2) is 11.5. The van der Waals surface area contributed by atoms with Crippen LogP contribution in [0.4, 0.5) is 0 Å². The molecule has 3 atom stereocenters. The number of carbonyl (C=O) groups excluding carboxylic acids is 2. The summed E-state index contributed by atoms with van der Waals surface area (Å²) in [6.07, 6.45) is -1.57. The fourth-order valence-electron chi connectivity index (χ4n) is 2.29. The molecular weight excluding hydrogens is 476 g/mol. The molecular formula is C15H23N3O12P2. The number of aliphatic carboxylic acids is 1. The second-order valence-corrected chi connectivity index (χ2v) is 8.79. The van der Waals surface area contributed by atoms with Crippen LogP contribution >= 0.6 is 15.6 Å². The zero-order valence-electron chi connectivity index (χ0n) is 16.5. The number of rotatable bonds is 12. The first kappa shape index (κ1) is 27.7. The van der Waals surface area contributed by atoms with Crippen LogP contribution in [0.15, 0.2) is 24.3 Å². The summed E-state index contributed by atoms with van der Waals surface area (Å²) in [5.74, 6) is -3.38. The number of hydrogen-bond acceptors (Lipinski definition) is 8. The van der Waals surface area contributed by atoms with E-state index in [0.29, 0.717) is 5.56 Å². The van der Waals surface area contributed by atoms with E-state index in [1.807, 2.05) is 0 Å². The van der Waals surface area contributed by atoms with E-state index in [0.717, 1.165) is 6.92 Å². The monoisotopic (exact) mass is 499 g/mol. The van der Waals surface area contributed by atoms with Crippen LogP contribution in [0.1, 0.15) is 12.5 Å². The summed E-state index contributed by atoms with van der Waals surface area (Å²) in [6.45, 7) is 0.466. The van der Waals surface area contributed by atoms with Crippen molar-refractivity contribution in [2.24, 2.45) is 5.73 Å². The molecule has 0 aliphatic heterocycles. The van der Waals surface area contributed by atoms with Crippen molar-refractivity contribution in [1.29, 1.82) is 0 Å². The van der Waals surface area contributed by atoms with Gasteiger partial charge in [-0.2, -0.15) is 0 Å². The van der Waals surface area contributed by atoms with Gasteiger partial charge >= 0.3 is 21.6 Å². The molecule has 0 saturated carbocycles. The van der Waals surface area contributed by atoms with Crippen molar-refractivity contribution in [3.63, 3.8) is 0 Å². The van der Waals surface area contributed by atoms with Gasteiger partial charge in [-0.3, -0.25) is 23.9 Å². The third kappa shape index (κ3) is 10.8. The number of nitrogens with two attached hydrogens (primary N) is 1. The quantitative estimate of drug-likeness (QED) is 0.148. The maximum Gasteiger partial charge on any atom is 0.524 e. The van der Waals surface area contributed by atoms with E-state index in [1.165, 1.54) is 24.3 Å². The summed E-state index contributed by atoms with van der Waals surface area (Å²) in [5.41, 5.74) is 5.88. The largest absolute Gasteiger partial charge is 0.524 e. The lowest BCUT2D eigenvalue weighted by Gasteiger charge is -2.20. The molecule has 0 aliphatic rings. The first-order chi connectivity index (χ1) is 14.6. The summed E-state index contributed by atoms with van der Waals surface area (Å²) in [5, 5.41) is 13.6. The van der Waals surface area contributed by atoms with E-state index in [9.17, 15) is 28.6 Å². The van der Waals surface area contributed by atoms with E-state index in [4.69, 9.17) is 25.3 Å². The zero-order valence-corrected chi connectivity index (χ0v) is 18.3. The summed E-state index contributed by atoms with van der Waals surface area (Å²) in [6, 6.07) is 2.18. The van der Waals surface area contributed by atoms with Crippen LogP contribution in [0.5, 0.6) is 5.75 Å². The van der Waals surface area contributed by atoms with Gasteiger partial charge in [0.2, 0.25) is 11.8 Å². The standard InChI is InChI=1S/C15H23N3O12P2/c1-8(29-31(23,24)25)13(16)14(20)17-7-12(19)18-11(15(21)22)6-9-2-4-10(5-3-9)30-32(26,27)28/h2-5,8,11,13H,6-7,16H2,1H3,(H,17,20)(H,18,19)(H,21,22)(H2,23,24,25)(H2,26,27,28)/t8-,11+,13+/m1/s1. The Morgan fingerprint density at radius 3 is 2.09 bits per heavy atom. The predicted molar refractivity (Wildman–Crippen MR) is 106 cm³/mol. The van der Waals surface area contributed by atoms with E-state index >= 15 is 0 Å². The molecule has 0 heterocycles. The minimum absolute atomic E-state index is 0.144. The van der Waals surface area contributed by atoms with E-state index in [2.05, 4.69) is 19.7 Å². The summed E-state index contributed by atoms with van der Waals surface area (Å²) in [7, 11) is -9.63. The van der Waals surface area contributed by atoms with Crippen molar-refractivity contribution in [2.75, 3.05) is 6.54 Å². The number of carboxylic acid groups (broad SMARTS) is 1. The Balaban J connectivity index is 2.62. The molecule has 0 bridgehead atoms. The molecule has 1 rings (SSSR count). The predicted octanol–water partition coefficient (Wildman–Crippen LogP) is -1.79. The lowest BCUT2D eigenvalue weighted by molar-refractivity contribution is -0.141. The van der Waals surface area contributed by atoms with Gasteiger partial charge in [0.1, 0.15) is 17.8 Å². The highest BCUT2D eigenvalue weighted by atomic mass is 31.2. The van der Waals surface area contributed by atoms with Crippen molar-refractivity contribution in [2.45, 2.75) is 31.5 Å². The molecule has 32 heavy (non-hydrogen) atoms. The number of carbonyl (C=O) groups is 3. The number of hydrogen-bond donors (Lipinski definition) is 8. The first-order valence-corrected chi connectivity index (χ1v) is 11.8. The first-order valence-electron chi connectivity index (χ1n) is 8.71. The number of benzene rings is 1. The lowest BCUT2D eigenvalue weighted by Crippen LogP contribution is -2.51. The summed E-state index contributed by atoms with van der Waals surface area (Å²) < 4.78 is 30.2. The fraction of sp³-hybridized carbons (Fsp3) is 0.400. The Kier molecular flexibility index (Phi) is 9.95. The Morgan fingerprint density at radius 1 is 1.06 bits per heavy atom. The molecule has 0 fully saturated rings. The smallest absolute Gasteiger partial charge is 0.480 e. The van der Waals surface area contributed by atoms with Crippen molar-refractivity contribution < 1.29 is 57.2 Å². The van der Waals surface area contributed by atoms with Crippen LogP contribution in [0.3, 0.4) is 0 Å². The summed E-state index contributed by atoms with van der Waals surface area (Å²) in [4.78, 5) is 70.2. The van der Waals surface area contributed by atoms with Crippen LogP contribution in [-0.2, 0) is 34.5 Å². The topological polar surface area (TPSA) is 255 Å². The Bertz CT molecular complexity index is 913. The van der Waals surface area contributed by atoms with Gasteiger partial charge in [0, 0.05) is 6.42 Å². The summed E-state index contributed by atoms with van der Waals surface area (Å²) >= 11 is 0. The second-order valence-electron chi connectivity index (χ2n) is 6.43. The molecule has 1 aromatic rings. The van der Waals surface area contributed by atoms with Crippen LogP contribution in [0.25, 0.3) is 0 Å². The van der Waals surface area contributed by atoms with Gasteiger partial charge < -0.3 is 35.8 Å². The third-order valence-corrected chi connectivity index (χ3v) is 4.81. The van der Waals surface area contributed by atoms with Gasteiger partial charge in [0.15, 0.2) is 0 Å². The molecule has 1 aromatic carbocycles. The Labute approximate surface area is 181 Å². The number of amides is 2. The highest BCUT2D eigenvalue weighted by molar-refractivity contribution is 7.46. The van der Waals surface area contributed by atoms with Gasteiger partial charge in [-0.05, 0) is 24.6 Å². The third-order valence-electron chi connectivity index (χ3n) is 3.76. The number of phosphoric ester groups is 2. The Hall–Kier alpha value is -2.35. The molecule has 0 unspecified atom stereocenters. The maximum atomic E-state index is 12.0. The van der Waals surface area contributed by atoms with Gasteiger partial charge in [-0.25, -0.2) is 13.9 Å². The zero-order chi connectivity index (χ0) is 24.7. The van der Waals surface area contributed by atoms with Crippen molar-refractivity contribution in [3.8, 4) is 5.75 Å².